The van der Waals surface area contributed by atoms with Gasteiger partial charge < -0.3 is 16.0 Å². The van der Waals surface area contributed by atoms with Crippen LogP contribution in [-0.4, -0.2) is 11.9 Å². The lowest BCUT2D eigenvalue weighted by molar-refractivity contribution is -0.113. The first kappa shape index (κ1) is 17.7. The third kappa shape index (κ3) is 3.59. The molecule has 1 atom stereocenters. The van der Waals surface area contributed by atoms with Gasteiger partial charge in [0.25, 0.3) is 5.91 Å². The monoisotopic (exact) mass is 353 g/mol. The van der Waals surface area contributed by atoms with Gasteiger partial charge in [0.2, 0.25) is 0 Å². The fourth-order valence-corrected chi connectivity index (χ4v) is 3.18. The summed E-state index contributed by atoms with van der Waals surface area (Å²) in [5.74, 6) is -0.877. The molecule has 0 radical (unpaired) electrons. The molecule has 1 aliphatic rings. The van der Waals surface area contributed by atoms with Crippen LogP contribution in [0.2, 0.25) is 0 Å². The Bertz CT molecular complexity index is 901. The van der Waals surface area contributed by atoms with Crippen molar-refractivity contribution in [3.05, 3.63) is 76.2 Å². The van der Waals surface area contributed by atoms with E-state index >= 15 is 0 Å². The highest BCUT2D eigenvalue weighted by molar-refractivity contribution is 6.06. The fraction of sp³-hybridized carbons (Fsp3) is 0.200. The van der Waals surface area contributed by atoms with Gasteiger partial charge in [-0.3, -0.25) is 4.79 Å². The van der Waals surface area contributed by atoms with Gasteiger partial charge in [-0.05, 0) is 50.1 Å². The molecule has 134 valence electrons. The van der Waals surface area contributed by atoms with E-state index in [1.165, 1.54) is 6.07 Å². The number of carbonyl (C=O) groups is 2. The third-order valence-corrected chi connectivity index (χ3v) is 4.21. The van der Waals surface area contributed by atoms with Gasteiger partial charge in [-0.15, -0.1) is 0 Å². The molecule has 0 bridgehead atoms. The van der Waals surface area contributed by atoms with Crippen LogP contribution in [0, 0.1) is 19.7 Å². The fourth-order valence-electron chi connectivity index (χ4n) is 3.18. The molecule has 3 rings (SSSR count). The SMILES string of the molecule is CC1=C(C(=O)Nc2cc(C)cc(C)c2)C(c2ccccc2F)NC(=O)N1. The van der Waals surface area contributed by atoms with Crippen LogP contribution < -0.4 is 16.0 Å². The normalized spacial score (nSPS) is 16.8. The Kier molecular flexibility index (Phi) is 4.75. The molecule has 0 fully saturated rings. The number of urea groups is 1. The van der Waals surface area contributed by atoms with Gasteiger partial charge in [-0.1, -0.05) is 24.3 Å². The van der Waals surface area contributed by atoms with Crippen molar-refractivity contribution in [3.8, 4) is 0 Å². The summed E-state index contributed by atoms with van der Waals surface area (Å²) in [6, 6.07) is 10.5. The summed E-state index contributed by atoms with van der Waals surface area (Å²) in [4.78, 5) is 24.8. The van der Waals surface area contributed by atoms with Crippen LogP contribution in [-0.2, 0) is 4.79 Å². The van der Waals surface area contributed by atoms with Crippen molar-refractivity contribution in [3.63, 3.8) is 0 Å². The summed E-state index contributed by atoms with van der Waals surface area (Å²) >= 11 is 0. The van der Waals surface area contributed by atoms with Crippen molar-refractivity contribution in [2.45, 2.75) is 26.8 Å². The first-order valence-corrected chi connectivity index (χ1v) is 8.27. The summed E-state index contributed by atoms with van der Waals surface area (Å²) in [7, 11) is 0. The second-order valence-electron chi connectivity index (χ2n) is 6.42. The molecule has 6 heteroatoms. The number of nitrogens with one attached hydrogen (secondary N) is 3. The van der Waals surface area contributed by atoms with E-state index in [9.17, 15) is 14.0 Å². The Morgan fingerprint density at radius 1 is 1.08 bits per heavy atom. The second-order valence-corrected chi connectivity index (χ2v) is 6.42. The smallest absolute Gasteiger partial charge is 0.319 e. The average molecular weight is 353 g/mol. The molecule has 2 aromatic rings. The molecule has 1 aliphatic heterocycles. The zero-order valence-electron chi connectivity index (χ0n) is 14.8. The maximum Gasteiger partial charge on any atom is 0.319 e. The van der Waals surface area contributed by atoms with Crippen LogP contribution in [0.3, 0.4) is 0 Å². The van der Waals surface area contributed by atoms with E-state index in [-0.39, 0.29) is 11.1 Å². The molecular weight excluding hydrogens is 333 g/mol. The molecule has 26 heavy (non-hydrogen) atoms. The van der Waals surface area contributed by atoms with Crippen molar-refractivity contribution < 1.29 is 14.0 Å². The minimum Gasteiger partial charge on any atom is -0.327 e. The predicted molar refractivity (Wildman–Crippen MR) is 98.1 cm³/mol. The van der Waals surface area contributed by atoms with Gasteiger partial charge >= 0.3 is 6.03 Å². The Labute approximate surface area is 151 Å². The number of hydrogen-bond donors (Lipinski definition) is 3. The van der Waals surface area contributed by atoms with E-state index in [1.807, 2.05) is 32.0 Å². The molecule has 1 heterocycles. The van der Waals surface area contributed by atoms with Gasteiger partial charge in [0.05, 0.1) is 11.6 Å². The summed E-state index contributed by atoms with van der Waals surface area (Å²) in [6.07, 6.45) is 0. The highest BCUT2D eigenvalue weighted by Crippen LogP contribution is 2.29. The van der Waals surface area contributed by atoms with Crippen LogP contribution in [0.1, 0.15) is 29.7 Å². The van der Waals surface area contributed by atoms with Gasteiger partial charge in [0.15, 0.2) is 0 Å². The number of amides is 3. The van der Waals surface area contributed by atoms with Crippen LogP contribution in [0.15, 0.2) is 53.7 Å². The Hall–Kier alpha value is -3.15. The van der Waals surface area contributed by atoms with E-state index in [1.54, 1.807) is 25.1 Å². The standard InChI is InChI=1S/C20H20FN3O2/c1-11-8-12(2)10-14(9-11)23-19(25)17-13(3)22-20(26)24-18(17)15-6-4-5-7-16(15)21/h4-10,18H,1-3H3,(H,23,25)(H2,22,24,26). The van der Waals surface area contributed by atoms with Crippen LogP contribution in [0.5, 0.6) is 0 Å². The average Bonchev–Trinajstić information content (AvgIpc) is 2.53. The molecule has 5 nitrogen and oxygen atoms in total. The number of allylic oxidation sites excluding steroid dienone is 1. The lowest BCUT2D eigenvalue weighted by atomic mass is 9.94. The quantitative estimate of drug-likeness (QED) is 0.787. The molecule has 0 aliphatic carbocycles. The van der Waals surface area contributed by atoms with Gasteiger partial charge in [-0.2, -0.15) is 0 Å². The van der Waals surface area contributed by atoms with Gasteiger partial charge in [0, 0.05) is 16.9 Å². The second kappa shape index (κ2) is 7.00. The molecule has 3 amide bonds. The number of rotatable bonds is 3. The summed E-state index contributed by atoms with van der Waals surface area (Å²) < 4.78 is 14.3. The first-order valence-electron chi connectivity index (χ1n) is 8.27. The van der Waals surface area contributed by atoms with E-state index in [0.29, 0.717) is 11.4 Å². The Morgan fingerprint density at radius 3 is 2.38 bits per heavy atom. The molecule has 0 aromatic heterocycles. The topological polar surface area (TPSA) is 70.2 Å². The number of hydrogen-bond acceptors (Lipinski definition) is 2. The predicted octanol–water partition coefficient (Wildman–Crippen LogP) is 3.71. The van der Waals surface area contributed by atoms with Gasteiger partial charge in [-0.25, -0.2) is 9.18 Å². The number of benzene rings is 2. The Morgan fingerprint density at radius 2 is 1.73 bits per heavy atom. The molecule has 3 N–H and O–H groups in total. The van der Waals surface area contributed by atoms with Crippen LogP contribution >= 0.6 is 0 Å². The zero-order valence-corrected chi connectivity index (χ0v) is 14.8. The third-order valence-electron chi connectivity index (χ3n) is 4.21. The molecule has 0 spiro atoms. The van der Waals surface area contributed by atoms with Crippen molar-refractivity contribution >= 4 is 17.6 Å². The van der Waals surface area contributed by atoms with Gasteiger partial charge in [0.1, 0.15) is 5.82 Å². The number of carbonyl (C=O) groups excluding carboxylic acids is 2. The maximum absolute atomic E-state index is 14.3. The molecule has 0 saturated heterocycles. The van der Waals surface area contributed by atoms with Crippen LogP contribution in [0.25, 0.3) is 0 Å². The minimum atomic E-state index is -0.865. The highest BCUT2D eigenvalue weighted by atomic mass is 19.1. The summed E-state index contributed by atoms with van der Waals surface area (Å²) in [6.45, 7) is 5.51. The largest absolute Gasteiger partial charge is 0.327 e. The van der Waals surface area contributed by atoms with E-state index in [0.717, 1.165) is 11.1 Å². The van der Waals surface area contributed by atoms with Crippen molar-refractivity contribution in [2.75, 3.05) is 5.32 Å². The van der Waals surface area contributed by atoms with Crippen LogP contribution in [0.4, 0.5) is 14.9 Å². The van der Waals surface area contributed by atoms with Crippen molar-refractivity contribution in [1.82, 2.24) is 10.6 Å². The zero-order chi connectivity index (χ0) is 18.8. The maximum atomic E-state index is 14.3. The van der Waals surface area contributed by atoms with E-state index < -0.39 is 23.8 Å². The number of aryl methyl sites for hydroxylation is 2. The molecule has 2 aromatic carbocycles. The molecule has 0 saturated carbocycles. The van der Waals surface area contributed by atoms with E-state index in [4.69, 9.17) is 0 Å². The summed E-state index contributed by atoms with van der Waals surface area (Å²) in [5.41, 5.74) is 3.60. The molecular formula is C20H20FN3O2. The number of halogens is 1. The minimum absolute atomic E-state index is 0.243. The Balaban J connectivity index is 1.98. The molecule has 1 unspecified atom stereocenters. The first-order chi connectivity index (χ1) is 12.3. The lowest BCUT2D eigenvalue weighted by Gasteiger charge is -2.29. The lowest BCUT2D eigenvalue weighted by Crippen LogP contribution is -2.46. The van der Waals surface area contributed by atoms with Crippen molar-refractivity contribution in [2.24, 2.45) is 0 Å². The number of anilines is 1. The highest BCUT2D eigenvalue weighted by Gasteiger charge is 2.32. The summed E-state index contributed by atoms with van der Waals surface area (Å²) in [5, 5.41) is 8.07. The van der Waals surface area contributed by atoms with E-state index in [2.05, 4.69) is 16.0 Å². The van der Waals surface area contributed by atoms with Crippen molar-refractivity contribution in [1.29, 1.82) is 0 Å².